The van der Waals surface area contributed by atoms with E-state index in [0.717, 1.165) is 15.4 Å². The molecule has 10 heteroatoms. The fraction of sp³-hybridized carbons (Fsp3) is 0.278. The highest BCUT2D eigenvalue weighted by molar-refractivity contribution is 7.92. The summed E-state index contributed by atoms with van der Waals surface area (Å²) in [5.41, 5.74) is 2.60. The number of nitrogens with one attached hydrogen (secondary N) is 1. The summed E-state index contributed by atoms with van der Waals surface area (Å²) in [5.74, 6) is -0.932. The molecule has 0 saturated carbocycles. The highest BCUT2D eigenvalue weighted by atomic mass is 35.5. The number of carbonyl (C=O) groups excluding carboxylic acids is 2. The molecule has 0 radical (unpaired) electrons. The van der Waals surface area contributed by atoms with Gasteiger partial charge in [-0.05, 0) is 87.7 Å². The number of aryl methyl sites for hydroxylation is 1. The molecule has 7 nitrogen and oxygen atoms in total. The molecule has 0 fully saturated rings. The number of hydrogen-bond acceptors (Lipinski definition) is 4. The van der Waals surface area contributed by atoms with Gasteiger partial charge in [-0.1, -0.05) is 89.4 Å². The van der Waals surface area contributed by atoms with Crippen LogP contribution in [-0.4, -0.2) is 43.3 Å². The number of nitrogens with zero attached hydrogens (tertiary/aromatic N) is 2. The van der Waals surface area contributed by atoms with Crippen molar-refractivity contribution >= 4 is 50.7 Å². The lowest BCUT2D eigenvalue weighted by Gasteiger charge is -2.35. The molecule has 0 aromatic heterocycles. The van der Waals surface area contributed by atoms with Crippen LogP contribution in [0.25, 0.3) is 0 Å². The molecule has 0 heterocycles. The first-order valence-corrected chi connectivity index (χ1v) is 17.1. The Morgan fingerprint density at radius 1 is 0.826 bits per heavy atom. The van der Waals surface area contributed by atoms with Crippen molar-refractivity contribution in [3.63, 3.8) is 0 Å². The second-order valence-corrected chi connectivity index (χ2v) is 15.0. The Labute approximate surface area is 282 Å². The van der Waals surface area contributed by atoms with Gasteiger partial charge in [-0.15, -0.1) is 0 Å². The first-order chi connectivity index (χ1) is 21.7. The van der Waals surface area contributed by atoms with Crippen LogP contribution in [0.3, 0.4) is 0 Å². The molecule has 1 unspecified atom stereocenters. The third kappa shape index (κ3) is 8.90. The molecular formula is C36H39Cl2N3O4S. The van der Waals surface area contributed by atoms with Crippen LogP contribution >= 0.6 is 23.2 Å². The molecule has 2 amide bonds. The van der Waals surface area contributed by atoms with Crippen LogP contribution in [-0.2, 0) is 32.6 Å². The highest BCUT2D eigenvalue weighted by Gasteiger charge is 2.36. The van der Waals surface area contributed by atoms with Gasteiger partial charge < -0.3 is 10.2 Å². The molecule has 0 aliphatic rings. The molecule has 1 N–H and O–H groups in total. The minimum atomic E-state index is -4.25. The van der Waals surface area contributed by atoms with Gasteiger partial charge >= 0.3 is 0 Å². The summed E-state index contributed by atoms with van der Waals surface area (Å²) in [5, 5.41) is 3.86. The SMILES string of the molecule is Cc1ccc(S(=O)(=O)N(CC(=O)N(Cc2cccc(Cl)c2)C(Cc2ccccc2)C(=O)NC(C)(C)C)c2cccc(Cl)c2C)cc1. The fourth-order valence-corrected chi connectivity index (χ4v) is 6.91. The van der Waals surface area contributed by atoms with Crippen molar-refractivity contribution in [2.75, 3.05) is 10.8 Å². The molecule has 0 saturated heterocycles. The van der Waals surface area contributed by atoms with Gasteiger partial charge in [0.15, 0.2) is 0 Å². The number of amides is 2. The third-order valence-electron chi connectivity index (χ3n) is 7.41. The van der Waals surface area contributed by atoms with Crippen molar-refractivity contribution < 1.29 is 18.0 Å². The summed E-state index contributed by atoms with van der Waals surface area (Å²) in [6.45, 7) is 8.61. The van der Waals surface area contributed by atoms with Gasteiger partial charge in [-0.25, -0.2) is 8.42 Å². The van der Waals surface area contributed by atoms with Crippen LogP contribution in [0.5, 0.6) is 0 Å². The number of halogens is 2. The summed E-state index contributed by atoms with van der Waals surface area (Å²) in [6.07, 6.45) is 0.204. The molecule has 1 atom stereocenters. The van der Waals surface area contributed by atoms with Gasteiger partial charge in [0, 0.05) is 28.5 Å². The van der Waals surface area contributed by atoms with Crippen molar-refractivity contribution in [1.29, 1.82) is 0 Å². The van der Waals surface area contributed by atoms with E-state index in [1.54, 1.807) is 55.5 Å². The number of anilines is 1. The molecule has 4 aromatic carbocycles. The summed E-state index contributed by atoms with van der Waals surface area (Å²) in [4.78, 5) is 30.1. The quantitative estimate of drug-likeness (QED) is 0.179. The first kappa shape index (κ1) is 35.0. The number of rotatable bonds is 11. The lowest BCUT2D eigenvalue weighted by atomic mass is 10.0. The van der Waals surface area contributed by atoms with E-state index >= 15 is 0 Å². The highest BCUT2D eigenvalue weighted by Crippen LogP contribution is 2.31. The Hall–Kier alpha value is -3.85. The third-order valence-corrected chi connectivity index (χ3v) is 9.83. The molecule has 0 bridgehead atoms. The largest absolute Gasteiger partial charge is 0.350 e. The standard InChI is InChI=1S/C36H39Cl2N3O4S/c1-25-17-19-30(20-18-25)46(44,45)41(32-16-10-15-31(38)26(32)2)24-34(42)40(23-28-13-9-14-29(37)21-28)33(35(43)39-36(3,4)5)22-27-11-7-6-8-12-27/h6-21,33H,22-24H2,1-5H3,(H,39,43). The van der Waals surface area contributed by atoms with Crippen LogP contribution in [0.1, 0.15) is 43.0 Å². The zero-order valence-electron chi connectivity index (χ0n) is 26.6. The lowest BCUT2D eigenvalue weighted by molar-refractivity contribution is -0.140. The van der Waals surface area contributed by atoms with E-state index in [2.05, 4.69) is 5.32 Å². The van der Waals surface area contributed by atoms with E-state index in [9.17, 15) is 18.0 Å². The monoisotopic (exact) mass is 679 g/mol. The molecule has 0 aliphatic heterocycles. The smallest absolute Gasteiger partial charge is 0.264 e. The molecule has 0 spiro atoms. The number of hydrogen-bond donors (Lipinski definition) is 1. The predicted molar refractivity (Wildman–Crippen MR) is 186 cm³/mol. The molecule has 46 heavy (non-hydrogen) atoms. The van der Waals surface area contributed by atoms with Gasteiger partial charge in [0.05, 0.1) is 10.6 Å². The van der Waals surface area contributed by atoms with Gasteiger partial charge in [-0.3, -0.25) is 13.9 Å². The molecule has 0 aliphatic carbocycles. The van der Waals surface area contributed by atoms with Crippen molar-refractivity contribution in [2.45, 2.75) is 64.1 Å². The van der Waals surface area contributed by atoms with Gasteiger partial charge in [0.1, 0.15) is 12.6 Å². The van der Waals surface area contributed by atoms with E-state index in [1.165, 1.54) is 17.0 Å². The maximum atomic E-state index is 14.6. The number of sulfonamides is 1. The molecule has 242 valence electrons. The molecule has 4 rings (SSSR count). The van der Waals surface area contributed by atoms with Crippen molar-refractivity contribution in [3.8, 4) is 0 Å². The Bertz CT molecular complexity index is 1790. The van der Waals surface area contributed by atoms with Crippen LogP contribution in [0.2, 0.25) is 10.0 Å². The second kappa shape index (κ2) is 14.7. The van der Waals surface area contributed by atoms with Gasteiger partial charge in [-0.2, -0.15) is 0 Å². The minimum Gasteiger partial charge on any atom is -0.350 e. The Balaban J connectivity index is 1.85. The summed E-state index contributed by atoms with van der Waals surface area (Å²) in [7, 11) is -4.25. The van der Waals surface area contributed by atoms with Crippen LogP contribution in [0.15, 0.2) is 102 Å². The summed E-state index contributed by atoms with van der Waals surface area (Å²) >= 11 is 12.8. The molecule has 4 aromatic rings. The Kier molecular flexibility index (Phi) is 11.2. The molecular weight excluding hydrogens is 641 g/mol. The fourth-order valence-electron chi connectivity index (χ4n) is 5.06. The van der Waals surface area contributed by atoms with Gasteiger partial charge in [0.2, 0.25) is 11.8 Å². The van der Waals surface area contributed by atoms with Crippen LogP contribution in [0.4, 0.5) is 5.69 Å². The number of carbonyl (C=O) groups is 2. The van der Waals surface area contributed by atoms with Crippen molar-refractivity contribution in [1.82, 2.24) is 10.2 Å². The zero-order chi connectivity index (χ0) is 33.6. The second-order valence-electron chi connectivity index (χ2n) is 12.3. The average Bonchev–Trinajstić information content (AvgIpc) is 2.99. The van der Waals surface area contributed by atoms with E-state index < -0.39 is 34.1 Å². The van der Waals surface area contributed by atoms with Crippen LogP contribution in [0, 0.1) is 13.8 Å². The normalized spacial score (nSPS) is 12.3. The van der Waals surface area contributed by atoms with E-state index in [-0.39, 0.29) is 29.5 Å². The lowest BCUT2D eigenvalue weighted by Crippen LogP contribution is -2.56. The summed E-state index contributed by atoms with van der Waals surface area (Å²) in [6, 6.07) is 26.8. The number of benzene rings is 4. The van der Waals surface area contributed by atoms with E-state index in [0.29, 0.717) is 21.2 Å². The maximum Gasteiger partial charge on any atom is 0.264 e. The zero-order valence-corrected chi connectivity index (χ0v) is 29.0. The van der Waals surface area contributed by atoms with E-state index in [4.69, 9.17) is 23.2 Å². The van der Waals surface area contributed by atoms with Crippen molar-refractivity contribution in [3.05, 3.63) is 129 Å². The van der Waals surface area contributed by atoms with Gasteiger partial charge in [0.25, 0.3) is 10.0 Å². The first-order valence-electron chi connectivity index (χ1n) is 14.9. The minimum absolute atomic E-state index is 0.0153. The predicted octanol–water partition coefficient (Wildman–Crippen LogP) is 7.36. The Morgan fingerprint density at radius 2 is 1.46 bits per heavy atom. The maximum absolute atomic E-state index is 14.6. The van der Waals surface area contributed by atoms with E-state index in [1.807, 2.05) is 64.1 Å². The summed E-state index contributed by atoms with van der Waals surface area (Å²) < 4.78 is 29.6. The topological polar surface area (TPSA) is 86.8 Å². The average molecular weight is 681 g/mol. The Morgan fingerprint density at radius 3 is 2.09 bits per heavy atom. The van der Waals surface area contributed by atoms with Crippen molar-refractivity contribution in [2.24, 2.45) is 0 Å². The van der Waals surface area contributed by atoms with Crippen LogP contribution < -0.4 is 9.62 Å².